The third-order valence-corrected chi connectivity index (χ3v) is 9.61. The van der Waals surface area contributed by atoms with Crippen LogP contribution in [0, 0.1) is 0 Å². The number of hydrogen-bond acceptors (Lipinski definition) is 12. The lowest BCUT2D eigenvalue weighted by Crippen LogP contribution is -2.44. The van der Waals surface area contributed by atoms with Crippen LogP contribution in [0.4, 0.5) is 0 Å². The average Bonchev–Trinajstić information content (AvgIpc) is 3.53. The monoisotopic (exact) mass is 684 g/mol. The summed E-state index contributed by atoms with van der Waals surface area (Å²) in [6, 6.07) is 33.3. The normalized spacial score (nSPS) is 22.6. The Hall–Kier alpha value is -3.70. The first kappa shape index (κ1) is 33.2. The van der Waals surface area contributed by atoms with Gasteiger partial charge in [0.1, 0.15) is 47.4 Å². The van der Waals surface area contributed by atoms with Gasteiger partial charge in [0.2, 0.25) is 0 Å². The van der Waals surface area contributed by atoms with Crippen LogP contribution in [0.5, 0.6) is 23.0 Å². The van der Waals surface area contributed by atoms with Gasteiger partial charge in [-0.25, -0.2) is 9.13 Å². The van der Waals surface area contributed by atoms with Gasteiger partial charge in [-0.15, -0.1) is 0 Å². The van der Waals surface area contributed by atoms with Gasteiger partial charge in [-0.2, -0.15) is 0 Å². The first-order valence-corrected chi connectivity index (χ1v) is 17.7. The molecular weight excluding hydrogens is 650 g/mol. The van der Waals surface area contributed by atoms with Crippen molar-refractivity contribution < 1.29 is 55.6 Å². The largest absolute Gasteiger partial charge is 0.588 e. The smallest absolute Gasteiger partial charge is 0.395 e. The molecule has 2 aliphatic rings. The Morgan fingerprint density at radius 1 is 0.660 bits per heavy atom. The van der Waals surface area contributed by atoms with E-state index in [1.165, 1.54) is 0 Å². The van der Waals surface area contributed by atoms with Crippen molar-refractivity contribution in [1.29, 1.82) is 0 Å². The third-order valence-electron chi connectivity index (χ3n) is 6.90. The van der Waals surface area contributed by atoms with E-state index in [4.69, 9.17) is 41.4 Å². The van der Waals surface area contributed by atoms with E-state index in [0.29, 0.717) is 0 Å². The van der Waals surface area contributed by atoms with E-state index in [1.54, 1.807) is 135 Å². The molecule has 0 aliphatic carbocycles. The van der Waals surface area contributed by atoms with Gasteiger partial charge in [0.25, 0.3) is 0 Å². The van der Waals surface area contributed by atoms with E-state index in [-0.39, 0.29) is 23.0 Å². The lowest BCUT2D eigenvalue weighted by Gasteiger charge is -2.30. The minimum atomic E-state index is -4.50. The molecule has 1 N–H and O–H groups in total. The van der Waals surface area contributed by atoms with Gasteiger partial charge in [0, 0.05) is 0 Å². The highest BCUT2D eigenvalue weighted by Crippen LogP contribution is 2.55. The second kappa shape index (κ2) is 14.2. The Labute approximate surface area is 272 Å². The van der Waals surface area contributed by atoms with Gasteiger partial charge >= 0.3 is 15.6 Å². The van der Waals surface area contributed by atoms with Crippen molar-refractivity contribution in [3.8, 4) is 23.0 Å². The molecule has 2 fully saturated rings. The number of phosphoric ester groups is 2. The molecule has 5 atom stereocenters. The van der Waals surface area contributed by atoms with Crippen LogP contribution in [0.1, 0.15) is 13.8 Å². The summed E-state index contributed by atoms with van der Waals surface area (Å²) in [5.41, 5.74) is 0. The number of aliphatic hydroxyl groups is 1. The fourth-order valence-electron chi connectivity index (χ4n) is 4.92. The van der Waals surface area contributed by atoms with Crippen LogP contribution < -0.4 is 18.1 Å². The van der Waals surface area contributed by atoms with Crippen LogP contribution in [-0.4, -0.2) is 48.2 Å². The predicted octanol–water partition coefficient (Wildman–Crippen LogP) is 7.16. The van der Waals surface area contributed by atoms with E-state index in [2.05, 4.69) is 0 Å². The molecule has 0 saturated carbocycles. The first-order chi connectivity index (χ1) is 22.6. The molecule has 2 heterocycles. The average molecular weight is 685 g/mol. The number of para-hydroxylation sites is 4. The van der Waals surface area contributed by atoms with Gasteiger partial charge in [0.15, 0.2) is 12.1 Å². The first-order valence-electron chi connectivity index (χ1n) is 14.8. The van der Waals surface area contributed by atoms with Crippen LogP contribution in [0.15, 0.2) is 121 Å². The Morgan fingerprint density at radius 2 is 1.06 bits per heavy atom. The molecule has 14 heteroatoms. The highest BCUT2D eigenvalue weighted by Gasteiger charge is 2.60. The summed E-state index contributed by atoms with van der Waals surface area (Å²) in [6.45, 7) is 2.74. The third kappa shape index (κ3) is 8.61. The standard InChI is InChI=1S/C33H34O12P2/c1-33(2)39-31-30(45-47(36,43-26-19-11-5-12-20-26)44-27-21-13-6-14-22-27)29(38-32(31)40-33)28(34)23-37-46(35,41-24-15-7-3-8-16-24)42-25-17-9-4-10-18-25/h3-22,28-32,34H,23H2,1-2H3/t28-,29-,30+,31-,32-/m1/s1. The number of fused-ring (bicyclic) bond motifs is 1. The molecule has 47 heavy (non-hydrogen) atoms. The summed E-state index contributed by atoms with van der Waals surface area (Å²) in [5.74, 6) is -0.228. The van der Waals surface area contributed by atoms with Crippen molar-refractivity contribution >= 4 is 15.6 Å². The molecule has 4 aromatic carbocycles. The quantitative estimate of drug-likeness (QED) is 0.135. The van der Waals surface area contributed by atoms with Gasteiger partial charge in [-0.1, -0.05) is 72.8 Å². The molecule has 0 spiro atoms. The maximum atomic E-state index is 14.3. The number of ether oxygens (including phenoxy) is 3. The second-order valence-electron chi connectivity index (χ2n) is 11.0. The fraction of sp³-hybridized carbons (Fsp3) is 0.273. The van der Waals surface area contributed by atoms with E-state index < -0.39 is 58.7 Å². The Balaban J connectivity index is 1.25. The van der Waals surface area contributed by atoms with Crippen LogP contribution >= 0.6 is 15.6 Å². The zero-order chi connectivity index (χ0) is 32.9. The molecule has 0 bridgehead atoms. The van der Waals surface area contributed by atoms with Gasteiger partial charge < -0.3 is 37.4 Å². The van der Waals surface area contributed by atoms with E-state index in [9.17, 15) is 14.2 Å². The lowest BCUT2D eigenvalue weighted by atomic mass is 10.1. The summed E-state index contributed by atoms with van der Waals surface area (Å²) < 4.78 is 80.9. The van der Waals surface area contributed by atoms with Crippen LogP contribution in [-0.2, 0) is 32.4 Å². The molecule has 248 valence electrons. The van der Waals surface area contributed by atoms with E-state index >= 15 is 0 Å². The Kier molecular flexibility index (Phi) is 10.0. The predicted molar refractivity (Wildman–Crippen MR) is 169 cm³/mol. The fourth-order valence-corrected chi connectivity index (χ4v) is 7.58. The van der Waals surface area contributed by atoms with Crippen molar-refractivity contribution in [2.45, 2.75) is 50.3 Å². The second-order valence-corrected chi connectivity index (χ2v) is 14.0. The topological polar surface area (TPSA) is 137 Å². The molecule has 6 rings (SSSR count). The highest BCUT2D eigenvalue weighted by atomic mass is 31.2. The maximum absolute atomic E-state index is 14.3. The summed E-state index contributed by atoms with van der Waals surface area (Å²) in [4.78, 5) is 0. The SMILES string of the molecule is CC1(C)O[C@H]2O[C@H]([C@H](O)COP(=O)(Oc3ccccc3)Oc3ccccc3)[C@H](OP(=O)(Oc3ccccc3)Oc3ccccc3)[C@H]2O1. The van der Waals surface area contributed by atoms with Crippen molar-refractivity contribution in [2.24, 2.45) is 0 Å². The molecule has 0 unspecified atom stereocenters. The van der Waals surface area contributed by atoms with E-state index in [1.807, 2.05) is 0 Å². The summed E-state index contributed by atoms with van der Waals surface area (Å²) in [5, 5.41) is 11.4. The zero-order valence-electron chi connectivity index (χ0n) is 25.5. The number of phosphoric acid groups is 2. The number of aliphatic hydroxyl groups excluding tert-OH is 1. The minimum Gasteiger partial charge on any atom is -0.395 e. The number of hydrogen-bond donors (Lipinski definition) is 1. The molecule has 4 aromatic rings. The summed E-state index contributed by atoms with van der Waals surface area (Å²) in [6.07, 6.45) is -6.10. The Bertz CT molecular complexity index is 1590. The zero-order valence-corrected chi connectivity index (χ0v) is 27.3. The molecule has 0 amide bonds. The highest BCUT2D eigenvalue weighted by molar-refractivity contribution is 7.49. The summed E-state index contributed by atoms with van der Waals surface area (Å²) >= 11 is 0. The van der Waals surface area contributed by atoms with Crippen LogP contribution in [0.25, 0.3) is 0 Å². The Morgan fingerprint density at radius 3 is 1.49 bits per heavy atom. The minimum absolute atomic E-state index is 0.212. The van der Waals surface area contributed by atoms with Gasteiger partial charge in [0.05, 0.1) is 6.61 Å². The molecule has 2 aliphatic heterocycles. The lowest BCUT2D eigenvalue weighted by molar-refractivity contribution is -0.225. The van der Waals surface area contributed by atoms with Crippen molar-refractivity contribution in [2.75, 3.05) is 6.61 Å². The molecule has 0 radical (unpaired) electrons. The number of rotatable bonds is 14. The molecule has 0 aromatic heterocycles. The molecule has 2 saturated heterocycles. The van der Waals surface area contributed by atoms with Crippen molar-refractivity contribution in [1.82, 2.24) is 0 Å². The van der Waals surface area contributed by atoms with Crippen molar-refractivity contribution in [3.63, 3.8) is 0 Å². The molecular formula is C33H34O12P2. The molecule has 12 nitrogen and oxygen atoms in total. The van der Waals surface area contributed by atoms with Crippen molar-refractivity contribution in [3.05, 3.63) is 121 Å². The maximum Gasteiger partial charge on any atom is 0.588 e. The number of benzene rings is 4. The van der Waals surface area contributed by atoms with E-state index in [0.717, 1.165) is 0 Å². The summed E-state index contributed by atoms with van der Waals surface area (Å²) in [7, 11) is -8.87. The van der Waals surface area contributed by atoms with Gasteiger partial charge in [-0.05, 0) is 62.4 Å². The van der Waals surface area contributed by atoms with Gasteiger partial charge in [-0.3, -0.25) is 9.05 Å². The van der Waals surface area contributed by atoms with Crippen LogP contribution in [0.2, 0.25) is 0 Å². The van der Waals surface area contributed by atoms with Crippen LogP contribution in [0.3, 0.4) is 0 Å².